The maximum Gasteiger partial charge on any atom is 0.261 e. The van der Waals surface area contributed by atoms with Crippen LogP contribution in [-0.2, 0) is 10.0 Å². The Morgan fingerprint density at radius 1 is 1.03 bits per heavy atom. The average molecular weight is 505 g/mol. The van der Waals surface area contributed by atoms with Crippen LogP contribution < -0.4 is 14.8 Å². The summed E-state index contributed by atoms with van der Waals surface area (Å²) in [6.07, 6.45) is 5.74. The van der Waals surface area contributed by atoms with E-state index in [-0.39, 0.29) is 16.9 Å². The number of rotatable bonds is 6. The molecule has 7 heteroatoms. The van der Waals surface area contributed by atoms with Crippen LogP contribution in [0.2, 0.25) is 0 Å². The van der Waals surface area contributed by atoms with E-state index in [2.05, 4.69) is 46.5 Å². The molecule has 0 radical (unpaired) electrons. The Kier molecular flexibility index (Phi) is 5.77. The fourth-order valence-electron chi connectivity index (χ4n) is 5.19. The molecule has 3 aromatic carbocycles. The predicted octanol–water partition coefficient (Wildman–Crippen LogP) is 6.12. The number of para-hydroxylation sites is 1. The van der Waals surface area contributed by atoms with E-state index in [9.17, 15) is 8.42 Å². The SMILES string of the molecule is Cc1ccccc1NS(=O)(=O)c1ccc2c(c1)[C@H]1C=CC[C@H]1[C@@H](c1ccc(OC3CSC3)cc1)N2. The Morgan fingerprint density at radius 3 is 2.57 bits per heavy atom. The van der Waals surface area contributed by atoms with Gasteiger partial charge in [-0.1, -0.05) is 42.5 Å². The first-order valence-corrected chi connectivity index (χ1v) is 14.6. The number of ether oxygens (including phenoxy) is 1. The van der Waals surface area contributed by atoms with Gasteiger partial charge in [0.2, 0.25) is 0 Å². The zero-order chi connectivity index (χ0) is 24.0. The molecular weight excluding hydrogens is 476 g/mol. The number of aryl methyl sites for hydroxylation is 1. The van der Waals surface area contributed by atoms with Gasteiger partial charge in [-0.2, -0.15) is 11.8 Å². The molecule has 0 saturated carbocycles. The third kappa shape index (κ3) is 4.32. The zero-order valence-electron chi connectivity index (χ0n) is 19.5. The lowest BCUT2D eigenvalue weighted by Gasteiger charge is -2.38. The van der Waals surface area contributed by atoms with Crippen molar-refractivity contribution in [1.29, 1.82) is 0 Å². The van der Waals surface area contributed by atoms with Crippen molar-refractivity contribution in [1.82, 2.24) is 0 Å². The number of benzene rings is 3. The van der Waals surface area contributed by atoms with Crippen LogP contribution >= 0.6 is 11.8 Å². The summed E-state index contributed by atoms with van der Waals surface area (Å²) in [5.41, 5.74) is 4.74. The molecular formula is C28H28N2O3S2. The number of allylic oxidation sites excluding steroid dienone is 2. The summed E-state index contributed by atoms with van der Waals surface area (Å²) in [4.78, 5) is 0.287. The Hall–Kier alpha value is -2.90. The largest absolute Gasteiger partial charge is 0.489 e. The molecule has 3 aromatic rings. The molecule has 3 atom stereocenters. The quantitative estimate of drug-likeness (QED) is 0.396. The van der Waals surface area contributed by atoms with Gasteiger partial charge in [-0.3, -0.25) is 4.72 Å². The first kappa shape index (κ1) is 22.6. The van der Waals surface area contributed by atoms with E-state index in [1.54, 1.807) is 12.1 Å². The second-order valence-corrected chi connectivity index (χ2v) is 12.2. The predicted molar refractivity (Wildman–Crippen MR) is 143 cm³/mol. The maximum atomic E-state index is 13.2. The van der Waals surface area contributed by atoms with Crippen molar-refractivity contribution < 1.29 is 13.2 Å². The summed E-state index contributed by atoms with van der Waals surface area (Å²) in [5, 5.41) is 3.71. The minimum Gasteiger partial charge on any atom is -0.489 e. The molecule has 5 nitrogen and oxygen atoms in total. The summed E-state index contributed by atoms with van der Waals surface area (Å²) < 4.78 is 35.1. The lowest BCUT2D eigenvalue weighted by molar-refractivity contribution is 0.240. The highest BCUT2D eigenvalue weighted by molar-refractivity contribution is 8.00. The van der Waals surface area contributed by atoms with Gasteiger partial charge in [-0.15, -0.1) is 0 Å². The molecule has 0 spiro atoms. The van der Waals surface area contributed by atoms with E-state index in [4.69, 9.17) is 4.74 Å². The molecule has 0 amide bonds. The molecule has 6 rings (SSSR count). The molecule has 1 fully saturated rings. The Balaban J connectivity index is 1.27. The molecule has 0 bridgehead atoms. The third-order valence-electron chi connectivity index (χ3n) is 7.18. The Bertz CT molecular complexity index is 1380. The average Bonchev–Trinajstić information content (AvgIpc) is 3.33. The second kappa shape index (κ2) is 8.95. The standard InChI is InChI=1S/C28H28N2O3S2/c1-18-5-2-3-8-26(18)30-35(31,32)22-13-14-27-25(15-22)23-6-4-7-24(23)28(29-27)19-9-11-20(12-10-19)33-21-16-34-17-21/h2-6,8-15,21,23-24,28-30H,7,16-17H2,1H3/t23-,24+,28+/m0/s1. The van der Waals surface area contributed by atoms with E-state index in [1.807, 2.05) is 49.0 Å². The van der Waals surface area contributed by atoms with Crippen LogP contribution in [0.3, 0.4) is 0 Å². The van der Waals surface area contributed by atoms with Crippen LogP contribution in [0.5, 0.6) is 5.75 Å². The number of hydrogen-bond donors (Lipinski definition) is 2. The highest BCUT2D eigenvalue weighted by atomic mass is 32.2. The van der Waals surface area contributed by atoms with Crippen LogP contribution in [0.25, 0.3) is 0 Å². The minimum atomic E-state index is -3.69. The maximum absolute atomic E-state index is 13.2. The van der Waals surface area contributed by atoms with Crippen molar-refractivity contribution >= 4 is 33.2 Å². The van der Waals surface area contributed by atoms with Gasteiger partial charge in [-0.25, -0.2) is 8.42 Å². The molecule has 0 unspecified atom stereocenters. The molecule has 3 aliphatic rings. The lowest BCUT2D eigenvalue weighted by atomic mass is 9.77. The van der Waals surface area contributed by atoms with Gasteiger partial charge in [-0.05, 0) is 72.4 Å². The van der Waals surface area contributed by atoms with Crippen molar-refractivity contribution in [3.63, 3.8) is 0 Å². The topological polar surface area (TPSA) is 67.4 Å². The highest BCUT2D eigenvalue weighted by Gasteiger charge is 2.38. The first-order chi connectivity index (χ1) is 17.0. The van der Waals surface area contributed by atoms with E-state index >= 15 is 0 Å². The third-order valence-corrected chi connectivity index (χ3v) is 9.76. The van der Waals surface area contributed by atoms with Crippen molar-refractivity contribution in [2.45, 2.75) is 36.3 Å². The number of hydrogen-bond acceptors (Lipinski definition) is 5. The van der Waals surface area contributed by atoms with E-state index in [0.29, 0.717) is 17.7 Å². The molecule has 2 aliphatic heterocycles. The Morgan fingerprint density at radius 2 is 1.83 bits per heavy atom. The van der Waals surface area contributed by atoms with Crippen molar-refractivity contribution in [2.75, 3.05) is 21.5 Å². The van der Waals surface area contributed by atoms with Crippen molar-refractivity contribution in [3.8, 4) is 5.75 Å². The number of anilines is 2. The van der Waals surface area contributed by atoms with Crippen LogP contribution in [-0.4, -0.2) is 26.0 Å². The van der Waals surface area contributed by atoms with Crippen LogP contribution in [0.15, 0.2) is 83.8 Å². The van der Waals surface area contributed by atoms with Crippen LogP contribution in [0, 0.1) is 12.8 Å². The van der Waals surface area contributed by atoms with E-state index in [1.165, 1.54) is 5.56 Å². The lowest BCUT2D eigenvalue weighted by Crippen LogP contribution is -2.31. The van der Waals surface area contributed by atoms with Gasteiger partial charge in [0.1, 0.15) is 11.9 Å². The van der Waals surface area contributed by atoms with Crippen molar-refractivity contribution in [3.05, 3.63) is 95.6 Å². The number of nitrogens with one attached hydrogen (secondary N) is 2. The fourth-order valence-corrected chi connectivity index (χ4v) is 6.92. The molecule has 180 valence electrons. The molecule has 1 saturated heterocycles. The summed E-state index contributed by atoms with van der Waals surface area (Å²) >= 11 is 1.91. The van der Waals surface area contributed by atoms with Crippen LogP contribution in [0.4, 0.5) is 11.4 Å². The normalized spacial score (nSPS) is 23.1. The molecule has 0 aromatic heterocycles. The number of thioether (sulfide) groups is 1. The summed E-state index contributed by atoms with van der Waals surface area (Å²) in [6.45, 7) is 1.90. The van der Waals surface area contributed by atoms with Crippen LogP contribution in [0.1, 0.15) is 35.1 Å². The second-order valence-electron chi connectivity index (χ2n) is 9.49. The van der Waals surface area contributed by atoms with Gasteiger partial charge in [0.25, 0.3) is 10.0 Å². The molecule has 2 N–H and O–H groups in total. The van der Waals surface area contributed by atoms with Gasteiger partial charge in [0.05, 0.1) is 16.6 Å². The number of sulfonamides is 1. The van der Waals surface area contributed by atoms with Crippen molar-refractivity contribution in [2.24, 2.45) is 5.92 Å². The van der Waals surface area contributed by atoms with Gasteiger partial charge < -0.3 is 10.1 Å². The summed E-state index contributed by atoms with van der Waals surface area (Å²) in [5.74, 6) is 3.56. The van der Waals surface area contributed by atoms with E-state index < -0.39 is 10.0 Å². The Labute approximate surface area is 211 Å². The monoisotopic (exact) mass is 504 g/mol. The zero-order valence-corrected chi connectivity index (χ0v) is 21.1. The van der Waals surface area contributed by atoms with Gasteiger partial charge in [0.15, 0.2) is 0 Å². The fraction of sp³-hybridized carbons (Fsp3) is 0.286. The molecule has 2 heterocycles. The highest BCUT2D eigenvalue weighted by Crippen LogP contribution is 2.50. The van der Waals surface area contributed by atoms with E-state index in [0.717, 1.165) is 40.5 Å². The van der Waals surface area contributed by atoms with Gasteiger partial charge >= 0.3 is 0 Å². The van der Waals surface area contributed by atoms with Gasteiger partial charge in [0, 0.05) is 23.1 Å². The number of fused-ring (bicyclic) bond motifs is 3. The molecule has 35 heavy (non-hydrogen) atoms. The summed E-state index contributed by atoms with van der Waals surface area (Å²) in [6, 6.07) is 21.5. The summed E-state index contributed by atoms with van der Waals surface area (Å²) in [7, 11) is -3.69. The first-order valence-electron chi connectivity index (χ1n) is 12.0. The minimum absolute atomic E-state index is 0.156. The molecule has 1 aliphatic carbocycles. The smallest absolute Gasteiger partial charge is 0.261 e.